The SMILES string of the molecule is CCCCCCCC/C=C\C/C=C\C(O)CC(=O)NC(COP(=O)(O)OC1C(O)C(O)C(O)C(O)C1O)C(O)CCCCCCCCCCCCCCCC. The minimum Gasteiger partial charge on any atom is -0.391 e. The molecule has 1 rings (SSSR count). The van der Waals surface area contributed by atoms with Gasteiger partial charge in [0.05, 0.1) is 31.3 Å². The predicted molar refractivity (Wildman–Crippen MR) is 215 cm³/mol. The minimum absolute atomic E-state index is 0.257. The van der Waals surface area contributed by atoms with Crippen LogP contribution in [0, 0.1) is 0 Å². The van der Waals surface area contributed by atoms with Crippen molar-refractivity contribution in [2.45, 2.75) is 223 Å². The number of unbranched alkanes of at least 4 members (excludes halogenated alkanes) is 19. The fourth-order valence-corrected chi connectivity index (χ4v) is 7.74. The van der Waals surface area contributed by atoms with E-state index in [4.69, 9.17) is 9.05 Å². The maximum atomic E-state index is 12.9. The van der Waals surface area contributed by atoms with Gasteiger partial charge >= 0.3 is 7.82 Å². The van der Waals surface area contributed by atoms with Crippen molar-refractivity contribution in [3.05, 3.63) is 24.3 Å². The van der Waals surface area contributed by atoms with Crippen molar-refractivity contribution in [2.75, 3.05) is 6.61 Å². The Balaban J connectivity index is 2.63. The van der Waals surface area contributed by atoms with Crippen LogP contribution in [-0.2, 0) is 18.4 Å². The zero-order chi connectivity index (χ0) is 40.9. The standard InChI is InChI=1S/C41H78NO12P/c1-3-5-7-9-11-13-15-16-17-19-21-23-25-27-29-34(44)33(31-53-55(51,52)54-41-39(49)37(47)36(46)38(48)40(41)50)42-35(45)30-32(43)28-26-24-22-20-18-14-12-10-8-6-4-2/h20,22,26,28,32-34,36-41,43-44,46-50H,3-19,21,23-25,27,29-31H2,1-2H3,(H,42,45)(H,51,52)/b22-20-,28-26-. The largest absolute Gasteiger partial charge is 0.472 e. The van der Waals surface area contributed by atoms with Gasteiger partial charge in [0.2, 0.25) is 5.91 Å². The molecule has 14 heteroatoms. The number of aliphatic hydroxyl groups is 7. The maximum absolute atomic E-state index is 12.9. The quantitative estimate of drug-likeness (QED) is 0.0207. The molecule has 324 valence electrons. The van der Waals surface area contributed by atoms with Gasteiger partial charge in [0, 0.05) is 0 Å². The van der Waals surface area contributed by atoms with Gasteiger partial charge in [-0.3, -0.25) is 13.8 Å². The fraction of sp³-hybridized carbons (Fsp3) is 0.878. The highest BCUT2D eigenvalue weighted by Gasteiger charge is 2.51. The average Bonchev–Trinajstić information content (AvgIpc) is 3.15. The smallest absolute Gasteiger partial charge is 0.391 e. The lowest BCUT2D eigenvalue weighted by Gasteiger charge is -2.41. The van der Waals surface area contributed by atoms with E-state index in [0.717, 1.165) is 38.5 Å². The number of carbonyl (C=O) groups excluding carboxylic acids is 1. The molecule has 9 N–H and O–H groups in total. The number of hydrogen-bond acceptors (Lipinski definition) is 11. The summed E-state index contributed by atoms with van der Waals surface area (Å²) >= 11 is 0. The molecule has 1 saturated carbocycles. The molecular weight excluding hydrogens is 729 g/mol. The first-order chi connectivity index (χ1) is 26.3. The second kappa shape index (κ2) is 31.7. The van der Waals surface area contributed by atoms with Crippen molar-refractivity contribution < 1.29 is 59.0 Å². The van der Waals surface area contributed by atoms with E-state index in [0.29, 0.717) is 12.8 Å². The molecule has 0 bridgehead atoms. The summed E-state index contributed by atoms with van der Waals surface area (Å²) in [6.45, 7) is 3.72. The van der Waals surface area contributed by atoms with Crippen LogP contribution in [-0.4, -0.2) is 108 Å². The van der Waals surface area contributed by atoms with Crippen LogP contribution in [0.1, 0.15) is 168 Å². The first-order valence-electron chi connectivity index (χ1n) is 21.4. The van der Waals surface area contributed by atoms with E-state index in [1.54, 1.807) is 6.08 Å². The van der Waals surface area contributed by atoms with E-state index < -0.39 is 75.2 Å². The second-order valence-electron chi connectivity index (χ2n) is 15.4. The molecule has 1 fully saturated rings. The Morgan fingerprint density at radius 2 is 1.11 bits per heavy atom. The van der Waals surface area contributed by atoms with Gasteiger partial charge < -0.3 is 46.0 Å². The molecular formula is C41H78NO12P. The van der Waals surface area contributed by atoms with Gasteiger partial charge in [0.1, 0.15) is 36.6 Å². The summed E-state index contributed by atoms with van der Waals surface area (Å²) in [5.74, 6) is -0.628. The number of amides is 1. The molecule has 8 unspecified atom stereocenters. The van der Waals surface area contributed by atoms with Crippen molar-refractivity contribution in [1.82, 2.24) is 5.32 Å². The molecule has 0 aliphatic heterocycles. The van der Waals surface area contributed by atoms with E-state index >= 15 is 0 Å². The van der Waals surface area contributed by atoms with Crippen molar-refractivity contribution in [2.24, 2.45) is 0 Å². The van der Waals surface area contributed by atoms with Crippen molar-refractivity contribution in [3.8, 4) is 0 Å². The normalized spacial score (nSPS) is 24.6. The lowest BCUT2D eigenvalue weighted by molar-refractivity contribution is -0.220. The van der Waals surface area contributed by atoms with E-state index in [1.807, 2.05) is 6.08 Å². The molecule has 55 heavy (non-hydrogen) atoms. The topological polar surface area (TPSA) is 226 Å². The number of nitrogens with one attached hydrogen (secondary N) is 1. The molecule has 8 atom stereocenters. The molecule has 1 aliphatic carbocycles. The highest BCUT2D eigenvalue weighted by atomic mass is 31.2. The second-order valence-corrected chi connectivity index (χ2v) is 16.8. The lowest BCUT2D eigenvalue weighted by atomic mass is 9.85. The van der Waals surface area contributed by atoms with E-state index in [-0.39, 0.29) is 12.8 Å². The zero-order valence-corrected chi connectivity index (χ0v) is 34.7. The van der Waals surface area contributed by atoms with Gasteiger partial charge in [-0.25, -0.2) is 4.57 Å². The van der Waals surface area contributed by atoms with Crippen LogP contribution in [0.2, 0.25) is 0 Å². The Labute approximate surface area is 331 Å². The van der Waals surface area contributed by atoms with Crippen LogP contribution in [0.5, 0.6) is 0 Å². The van der Waals surface area contributed by atoms with Crippen molar-refractivity contribution >= 4 is 13.7 Å². The van der Waals surface area contributed by atoms with Crippen LogP contribution < -0.4 is 5.32 Å². The van der Waals surface area contributed by atoms with E-state index in [9.17, 15) is 50.0 Å². The monoisotopic (exact) mass is 808 g/mol. The van der Waals surface area contributed by atoms with Gasteiger partial charge in [-0.1, -0.05) is 160 Å². The summed E-state index contributed by atoms with van der Waals surface area (Å²) in [7, 11) is -5.12. The first kappa shape index (κ1) is 51.8. The molecule has 0 heterocycles. The lowest BCUT2D eigenvalue weighted by Crippen LogP contribution is -2.64. The van der Waals surface area contributed by atoms with Crippen LogP contribution in [0.25, 0.3) is 0 Å². The highest BCUT2D eigenvalue weighted by molar-refractivity contribution is 7.47. The van der Waals surface area contributed by atoms with Crippen LogP contribution in [0.15, 0.2) is 24.3 Å². The average molecular weight is 808 g/mol. The summed E-state index contributed by atoms with van der Waals surface area (Å²) in [6, 6.07) is -1.18. The highest BCUT2D eigenvalue weighted by Crippen LogP contribution is 2.47. The third-order valence-electron chi connectivity index (χ3n) is 10.3. The molecule has 1 aliphatic rings. The molecule has 0 aromatic carbocycles. The predicted octanol–water partition coefficient (Wildman–Crippen LogP) is 6.03. The van der Waals surface area contributed by atoms with Gasteiger partial charge in [-0.05, 0) is 25.7 Å². The molecule has 13 nitrogen and oxygen atoms in total. The van der Waals surface area contributed by atoms with Gasteiger partial charge in [-0.15, -0.1) is 0 Å². The third kappa shape index (κ3) is 24.3. The number of allylic oxidation sites excluding steroid dienone is 3. The summed E-state index contributed by atoms with van der Waals surface area (Å²) in [5.41, 5.74) is 0. The van der Waals surface area contributed by atoms with Gasteiger partial charge in [-0.2, -0.15) is 0 Å². The van der Waals surface area contributed by atoms with Crippen LogP contribution in [0.3, 0.4) is 0 Å². The number of aliphatic hydroxyl groups excluding tert-OH is 7. The fourth-order valence-electron chi connectivity index (χ4n) is 6.77. The number of hydrogen-bond donors (Lipinski definition) is 9. The Hall–Kier alpha value is -1.22. The third-order valence-corrected chi connectivity index (χ3v) is 11.3. The molecule has 0 radical (unpaired) electrons. The molecule has 0 aromatic rings. The Kier molecular flexibility index (Phi) is 29.9. The number of phosphoric ester groups is 1. The Morgan fingerprint density at radius 1 is 0.655 bits per heavy atom. The van der Waals surface area contributed by atoms with Crippen LogP contribution in [0.4, 0.5) is 0 Å². The maximum Gasteiger partial charge on any atom is 0.472 e. The molecule has 0 spiro atoms. The minimum atomic E-state index is -5.12. The summed E-state index contributed by atoms with van der Waals surface area (Å²) in [5, 5.41) is 74.2. The van der Waals surface area contributed by atoms with Crippen LogP contribution >= 0.6 is 7.82 Å². The summed E-state index contributed by atoms with van der Waals surface area (Å²) in [4.78, 5) is 23.3. The van der Waals surface area contributed by atoms with Gasteiger partial charge in [0.15, 0.2) is 0 Å². The summed E-state index contributed by atoms with van der Waals surface area (Å²) in [6.07, 6.45) is 18.4. The first-order valence-corrected chi connectivity index (χ1v) is 22.9. The Bertz CT molecular complexity index is 1050. The zero-order valence-electron chi connectivity index (χ0n) is 33.8. The summed E-state index contributed by atoms with van der Waals surface area (Å²) < 4.78 is 22.8. The molecule has 1 amide bonds. The van der Waals surface area contributed by atoms with Gasteiger partial charge in [0.25, 0.3) is 0 Å². The number of carbonyl (C=O) groups is 1. The van der Waals surface area contributed by atoms with E-state index in [2.05, 4.69) is 25.2 Å². The van der Waals surface area contributed by atoms with E-state index in [1.165, 1.54) is 96.0 Å². The molecule has 0 aromatic heterocycles. The Morgan fingerprint density at radius 3 is 1.62 bits per heavy atom. The molecule has 0 saturated heterocycles. The number of phosphoric acid groups is 1. The van der Waals surface area contributed by atoms with Crippen molar-refractivity contribution in [3.63, 3.8) is 0 Å². The van der Waals surface area contributed by atoms with Crippen molar-refractivity contribution in [1.29, 1.82) is 0 Å². The number of rotatable bonds is 34.